The summed E-state index contributed by atoms with van der Waals surface area (Å²) in [6.07, 6.45) is 0. The van der Waals surface area contributed by atoms with Crippen molar-refractivity contribution in [2.24, 2.45) is 0 Å². The van der Waals surface area contributed by atoms with Gasteiger partial charge in [-0.1, -0.05) is 0 Å². The van der Waals surface area contributed by atoms with E-state index >= 15 is 0 Å². The highest BCUT2D eigenvalue weighted by molar-refractivity contribution is 5.94. The molecule has 2 aromatic carbocycles. The Kier molecular flexibility index (Phi) is 6.40. The van der Waals surface area contributed by atoms with Crippen molar-refractivity contribution in [3.8, 4) is 5.75 Å². The zero-order valence-corrected chi connectivity index (χ0v) is 17.5. The molecule has 2 aliphatic rings. The second kappa shape index (κ2) is 9.36. The van der Waals surface area contributed by atoms with Crippen LogP contribution in [-0.4, -0.2) is 74.4 Å². The number of carbonyl (C=O) groups excluding carboxylic acids is 1. The van der Waals surface area contributed by atoms with Crippen LogP contribution < -0.4 is 15.1 Å². The number of carbonyl (C=O) groups is 1. The molecular weight excluding hydrogens is 380 g/mol. The quantitative estimate of drug-likeness (QED) is 0.789. The maximum atomic E-state index is 12.8. The third kappa shape index (κ3) is 4.86. The predicted octanol–water partition coefficient (Wildman–Crippen LogP) is 2.38. The highest BCUT2D eigenvalue weighted by Crippen LogP contribution is 2.22. The van der Waals surface area contributed by atoms with Gasteiger partial charge in [0.25, 0.3) is 0 Å². The van der Waals surface area contributed by atoms with E-state index < -0.39 is 0 Å². The van der Waals surface area contributed by atoms with Crippen molar-refractivity contribution in [1.29, 1.82) is 0 Å². The van der Waals surface area contributed by atoms with Crippen LogP contribution in [-0.2, 0) is 9.53 Å². The molecular formula is C23H30N4O3. The molecule has 0 saturated carbocycles. The maximum absolute atomic E-state index is 12.8. The van der Waals surface area contributed by atoms with E-state index in [-0.39, 0.29) is 17.7 Å². The van der Waals surface area contributed by atoms with Crippen LogP contribution in [0.15, 0.2) is 48.5 Å². The minimum Gasteiger partial charge on any atom is -0.508 e. The summed E-state index contributed by atoms with van der Waals surface area (Å²) in [5.74, 6) is 0.299. The number of hydrogen-bond acceptors (Lipinski definition) is 6. The van der Waals surface area contributed by atoms with E-state index in [9.17, 15) is 9.90 Å². The van der Waals surface area contributed by atoms with Gasteiger partial charge in [-0.15, -0.1) is 0 Å². The maximum Gasteiger partial charge on any atom is 0.241 e. The topological polar surface area (TPSA) is 68.3 Å². The molecule has 0 spiro atoms. The summed E-state index contributed by atoms with van der Waals surface area (Å²) in [5.41, 5.74) is 3.09. The largest absolute Gasteiger partial charge is 0.508 e. The Hall–Kier alpha value is -2.77. The molecule has 2 N–H and O–H groups in total. The van der Waals surface area contributed by atoms with Crippen molar-refractivity contribution in [3.05, 3.63) is 48.5 Å². The standard InChI is InChI=1S/C23H30N4O3/c1-18(25-10-12-26(13-11-25)21-6-8-22(28)9-7-21)23(29)24-19-2-4-20(5-3-19)27-14-16-30-17-15-27/h2-9,18,28H,10-17H2,1H3,(H,24,29)/t18-/m1/s1. The second-order valence-electron chi connectivity index (χ2n) is 7.85. The lowest BCUT2D eigenvalue weighted by Crippen LogP contribution is -2.52. The van der Waals surface area contributed by atoms with Gasteiger partial charge in [0.15, 0.2) is 0 Å². The second-order valence-corrected chi connectivity index (χ2v) is 7.85. The van der Waals surface area contributed by atoms with Crippen LogP contribution in [0.3, 0.4) is 0 Å². The number of phenols is 1. The van der Waals surface area contributed by atoms with Crippen molar-refractivity contribution < 1.29 is 14.6 Å². The molecule has 7 nitrogen and oxygen atoms in total. The molecule has 2 fully saturated rings. The fourth-order valence-electron chi connectivity index (χ4n) is 4.02. The summed E-state index contributed by atoms with van der Waals surface area (Å²) in [5, 5.41) is 12.5. The van der Waals surface area contributed by atoms with Crippen molar-refractivity contribution in [2.45, 2.75) is 13.0 Å². The van der Waals surface area contributed by atoms with Crippen LogP contribution in [0.1, 0.15) is 6.92 Å². The first-order valence-corrected chi connectivity index (χ1v) is 10.6. The summed E-state index contributed by atoms with van der Waals surface area (Å²) >= 11 is 0. The lowest BCUT2D eigenvalue weighted by molar-refractivity contribution is -0.120. The summed E-state index contributed by atoms with van der Waals surface area (Å²) < 4.78 is 5.40. The molecule has 2 saturated heterocycles. The van der Waals surface area contributed by atoms with Crippen LogP contribution in [0.25, 0.3) is 0 Å². The van der Waals surface area contributed by atoms with Gasteiger partial charge in [-0.2, -0.15) is 0 Å². The number of rotatable bonds is 5. The number of ether oxygens (including phenoxy) is 1. The monoisotopic (exact) mass is 410 g/mol. The lowest BCUT2D eigenvalue weighted by atomic mass is 10.2. The Bertz CT molecular complexity index is 827. The fourth-order valence-corrected chi connectivity index (χ4v) is 4.02. The van der Waals surface area contributed by atoms with Gasteiger partial charge in [0.05, 0.1) is 19.3 Å². The van der Waals surface area contributed by atoms with E-state index in [2.05, 4.69) is 32.1 Å². The summed E-state index contributed by atoms with van der Waals surface area (Å²) in [7, 11) is 0. The van der Waals surface area contributed by atoms with Crippen molar-refractivity contribution in [1.82, 2.24) is 4.90 Å². The number of morpholine rings is 1. The zero-order chi connectivity index (χ0) is 20.9. The van der Waals surface area contributed by atoms with Gasteiger partial charge in [0.2, 0.25) is 5.91 Å². The lowest BCUT2D eigenvalue weighted by Gasteiger charge is -2.38. The van der Waals surface area contributed by atoms with Crippen LogP contribution >= 0.6 is 0 Å². The van der Waals surface area contributed by atoms with Crippen molar-refractivity contribution in [3.63, 3.8) is 0 Å². The molecule has 2 aromatic rings. The van der Waals surface area contributed by atoms with Gasteiger partial charge >= 0.3 is 0 Å². The Morgan fingerprint density at radius 1 is 0.867 bits per heavy atom. The number of phenolic OH excluding ortho intramolecular Hbond substituents is 1. The van der Waals surface area contributed by atoms with E-state index in [1.165, 1.54) is 0 Å². The molecule has 0 aliphatic carbocycles. The first-order valence-electron chi connectivity index (χ1n) is 10.6. The Morgan fingerprint density at radius 3 is 2.00 bits per heavy atom. The third-order valence-corrected chi connectivity index (χ3v) is 5.97. The molecule has 1 amide bonds. The van der Waals surface area contributed by atoms with Gasteiger partial charge in [-0.25, -0.2) is 0 Å². The molecule has 4 rings (SSSR count). The number of anilines is 3. The zero-order valence-electron chi connectivity index (χ0n) is 17.5. The van der Waals surface area contributed by atoms with Gasteiger partial charge in [0, 0.05) is 56.3 Å². The highest BCUT2D eigenvalue weighted by Gasteiger charge is 2.25. The van der Waals surface area contributed by atoms with Crippen LogP contribution in [0.4, 0.5) is 17.1 Å². The summed E-state index contributed by atoms with van der Waals surface area (Å²) in [6, 6.07) is 15.2. The molecule has 2 heterocycles. The number of hydrogen-bond donors (Lipinski definition) is 2. The summed E-state index contributed by atoms with van der Waals surface area (Å²) in [4.78, 5) is 19.6. The molecule has 7 heteroatoms. The molecule has 0 bridgehead atoms. The first kappa shape index (κ1) is 20.5. The Labute approximate surface area is 177 Å². The number of piperazine rings is 1. The number of aromatic hydroxyl groups is 1. The molecule has 1 atom stereocenters. The number of nitrogens with zero attached hydrogens (tertiary/aromatic N) is 3. The molecule has 0 radical (unpaired) electrons. The Balaban J connectivity index is 1.28. The Morgan fingerprint density at radius 2 is 1.40 bits per heavy atom. The molecule has 0 aromatic heterocycles. The van der Waals surface area contributed by atoms with Gasteiger partial charge in [-0.3, -0.25) is 9.69 Å². The molecule has 30 heavy (non-hydrogen) atoms. The average molecular weight is 411 g/mol. The summed E-state index contributed by atoms with van der Waals surface area (Å²) in [6.45, 7) is 8.65. The van der Waals surface area contributed by atoms with Gasteiger partial charge in [-0.05, 0) is 55.5 Å². The van der Waals surface area contributed by atoms with Crippen LogP contribution in [0.2, 0.25) is 0 Å². The fraction of sp³-hybridized carbons (Fsp3) is 0.435. The van der Waals surface area contributed by atoms with E-state index in [0.717, 1.165) is 69.5 Å². The minimum atomic E-state index is -0.189. The smallest absolute Gasteiger partial charge is 0.241 e. The number of nitrogens with one attached hydrogen (secondary N) is 1. The number of benzene rings is 2. The van der Waals surface area contributed by atoms with Crippen molar-refractivity contribution in [2.75, 3.05) is 67.6 Å². The SMILES string of the molecule is C[C@H](C(=O)Nc1ccc(N2CCOCC2)cc1)N1CCN(c2ccc(O)cc2)CC1. The number of amides is 1. The third-order valence-electron chi connectivity index (χ3n) is 5.97. The van der Waals surface area contributed by atoms with E-state index in [1.807, 2.05) is 31.2 Å². The van der Waals surface area contributed by atoms with Gasteiger partial charge in [0.1, 0.15) is 5.75 Å². The molecule has 160 valence electrons. The first-order chi connectivity index (χ1) is 14.6. The minimum absolute atomic E-state index is 0.0206. The van der Waals surface area contributed by atoms with Crippen molar-refractivity contribution >= 4 is 23.0 Å². The van der Waals surface area contributed by atoms with Crippen LogP contribution in [0.5, 0.6) is 5.75 Å². The predicted molar refractivity (Wildman–Crippen MR) is 119 cm³/mol. The van der Waals surface area contributed by atoms with E-state index in [4.69, 9.17) is 4.74 Å². The van der Waals surface area contributed by atoms with E-state index in [1.54, 1.807) is 12.1 Å². The highest BCUT2D eigenvalue weighted by atomic mass is 16.5. The molecule has 0 unspecified atom stereocenters. The van der Waals surface area contributed by atoms with E-state index in [0.29, 0.717) is 0 Å². The average Bonchev–Trinajstić information content (AvgIpc) is 2.80. The normalized spacial score (nSPS) is 18.8. The van der Waals surface area contributed by atoms with Crippen LogP contribution in [0, 0.1) is 0 Å². The van der Waals surface area contributed by atoms with Gasteiger partial charge < -0.3 is 25.0 Å². The molecule has 2 aliphatic heterocycles.